The third kappa shape index (κ3) is 1.92. The first-order chi connectivity index (χ1) is 10.2. The van der Waals surface area contributed by atoms with Crippen LogP contribution in [0.4, 0.5) is 5.69 Å². The molecule has 0 aliphatic carbocycles. The van der Waals surface area contributed by atoms with Crippen LogP contribution in [0.2, 0.25) is 0 Å². The van der Waals surface area contributed by atoms with Gasteiger partial charge in [0.2, 0.25) is 5.91 Å². The molecule has 3 aromatic rings. The van der Waals surface area contributed by atoms with Crippen molar-refractivity contribution in [2.24, 2.45) is 0 Å². The minimum absolute atomic E-state index is 0.00848. The SMILES string of the molecule is O=C1Cc2ccc(-c3cc(=O)c4ccccc4[nH]3)cc2N1. The Morgan fingerprint density at radius 2 is 1.81 bits per heavy atom. The molecule has 0 bridgehead atoms. The van der Waals surface area contributed by atoms with E-state index in [1.165, 1.54) is 0 Å². The summed E-state index contributed by atoms with van der Waals surface area (Å²) >= 11 is 0. The van der Waals surface area contributed by atoms with E-state index < -0.39 is 0 Å². The Morgan fingerprint density at radius 1 is 0.952 bits per heavy atom. The van der Waals surface area contributed by atoms with Crippen molar-refractivity contribution in [2.75, 3.05) is 5.32 Å². The fourth-order valence-electron chi connectivity index (χ4n) is 2.73. The lowest BCUT2D eigenvalue weighted by molar-refractivity contribution is -0.115. The number of carbonyl (C=O) groups is 1. The van der Waals surface area contributed by atoms with Crippen LogP contribution < -0.4 is 10.7 Å². The van der Waals surface area contributed by atoms with Gasteiger partial charge >= 0.3 is 0 Å². The van der Waals surface area contributed by atoms with Gasteiger partial charge in [0, 0.05) is 33.9 Å². The molecule has 1 aliphatic rings. The fraction of sp³-hybridized carbons (Fsp3) is 0.0588. The van der Waals surface area contributed by atoms with E-state index in [1.807, 2.05) is 36.4 Å². The quantitative estimate of drug-likeness (QED) is 0.717. The normalized spacial score (nSPS) is 13.2. The highest BCUT2D eigenvalue weighted by Gasteiger charge is 2.18. The molecule has 4 nitrogen and oxygen atoms in total. The van der Waals surface area contributed by atoms with E-state index in [-0.39, 0.29) is 11.3 Å². The number of H-pyrrole nitrogens is 1. The maximum absolute atomic E-state index is 12.2. The average Bonchev–Trinajstić information content (AvgIpc) is 2.86. The van der Waals surface area contributed by atoms with E-state index in [9.17, 15) is 9.59 Å². The number of carbonyl (C=O) groups excluding carboxylic acids is 1. The maximum Gasteiger partial charge on any atom is 0.228 e. The Kier molecular flexibility index (Phi) is 2.44. The lowest BCUT2D eigenvalue weighted by Crippen LogP contribution is -2.04. The fourth-order valence-corrected chi connectivity index (χ4v) is 2.73. The van der Waals surface area contributed by atoms with Crippen molar-refractivity contribution in [2.45, 2.75) is 6.42 Å². The molecule has 1 aliphatic heterocycles. The standard InChI is InChI=1S/C17H12N2O2/c20-16-9-15(18-13-4-2-1-3-12(13)16)10-5-6-11-8-17(21)19-14(11)7-10/h1-7,9H,8H2,(H,18,20)(H,19,21). The van der Waals surface area contributed by atoms with E-state index in [0.29, 0.717) is 11.8 Å². The van der Waals surface area contributed by atoms with Gasteiger partial charge in [0.25, 0.3) is 0 Å². The number of pyridine rings is 1. The van der Waals surface area contributed by atoms with Crippen LogP contribution in [0.25, 0.3) is 22.2 Å². The van der Waals surface area contributed by atoms with Crippen LogP contribution in [0, 0.1) is 0 Å². The van der Waals surface area contributed by atoms with Crippen LogP contribution in [0.15, 0.2) is 53.3 Å². The van der Waals surface area contributed by atoms with Crippen LogP contribution >= 0.6 is 0 Å². The molecule has 0 spiro atoms. The number of para-hydroxylation sites is 1. The molecule has 1 aromatic heterocycles. The van der Waals surface area contributed by atoms with E-state index in [1.54, 1.807) is 12.1 Å². The summed E-state index contributed by atoms with van der Waals surface area (Å²) in [6.45, 7) is 0. The van der Waals surface area contributed by atoms with Crippen molar-refractivity contribution in [3.63, 3.8) is 0 Å². The van der Waals surface area contributed by atoms with Gasteiger partial charge in [0.1, 0.15) is 0 Å². The van der Waals surface area contributed by atoms with Gasteiger partial charge in [-0.2, -0.15) is 0 Å². The molecule has 0 fully saturated rings. The minimum atomic E-state index is -0.0103. The molecule has 0 radical (unpaired) electrons. The van der Waals surface area contributed by atoms with Crippen LogP contribution in [-0.2, 0) is 11.2 Å². The van der Waals surface area contributed by atoms with Crippen LogP contribution in [0.1, 0.15) is 5.56 Å². The van der Waals surface area contributed by atoms with E-state index in [2.05, 4.69) is 10.3 Å². The Hall–Kier alpha value is -2.88. The molecule has 102 valence electrons. The van der Waals surface area contributed by atoms with Gasteiger partial charge in [0.15, 0.2) is 5.43 Å². The van der Waals surface area contributed by atoms with Gasteiger partial charge in [0.05, 0.1) is 6.42 Å². The molecule has 0 unspecified atom stereocenters. The van der Waals surface area contributed by atoms with Crippen molar-refractivity contribution in [1.29, 1.82) is 0 Å². The summed E-state index contributed by atoms with van der Waals surface area (Å²) in [5.74, 6) is 0.00848. The largest absolute Gasteiger partial charge is 0.354 e. The van der Waals surface area contributed by atoms with Crippen LogP contribution in [-0.4, -0.2) is 10.9 Å². The lowest BCUT2D eigenvalue weighted by Gasteiger charge is -2.06. The molecule has 2 heterocycles. The molecular formula is C17H12N2O2. The Labute approximate surface area is 120 Å². The molecule has 1 amide bonds. The number of aromatic nitrogens is 1. The highest BCUT2D eigenvalue weighted by Crippen LogP contribution is 2.28. The summed E-state index contributed by atoms with van der Waals surface area (Å²) in [6, 6.07) is 14.8. The zero-order valence-electron chi connectivity index (χ0n) is 11.1. The number of hydrogen-bond acceptors (Lipinski definition) is 2. The predicted molar refractivity (Wildman–Crippen MR) is 82.3 cm³/mol. The average molecular weight is 276 g/mol. The molecule has 4 heteroatoms. The zero-order valence-corrected chi connectivity index (χ0v) is 11.1. The van der Waals surface area contributed by atoms with Crippen molar-refractivity contribution in [1.82, 2.24) is 4.98 Å². The zero-order chi connectivity index (χ0) is 14.4. The van der Waals surface area contributed by atoms with Crippen molar-refractivity contribution in [3.05, 3.63) is 64.3 Å². The topological polar surface area (TPSA) is 62.0 Å². The number of nitrogens with one attached hydrogen (secondary N) is 2. The van der Waals surface area contributed by atoms with E-state index in [4.69, 9.17) is 0 Å². The molecule has 2 aromatic carbocycles. The number of fused-ring (bicyclic) bond motifs is 2. The third-order valence-corrected chi connectivity index (χ3v) is 3.78. The second kappa shape index (κ2) is 4.31. The van der Waals surface area contributed by atoms with Crippen LogP contribution in [0.3, 0.4) is 0 Å². The molecule has 21 heavy (non-hydrogen) atoms. The highest BCUT2D eigenvalue weighted by atomic mass is 16.1. The number of hydrogen-bond donors (Lipinski definition) is 2. The van der Waals surface area contributed by atoms with Crippen molar-refractivity contribution < 1.29 is 4.79 Å². The van der Waals surface area contributed by atoms with Gasteiger partial charge in [-0.15, -0.1) is 0 Å². The van der Waals surface area contributed by atoms with Crippen molar-refractivity contribution in [3.8, 4) is 11.3 Å². The molecule has 0 atom stereocenters. The molecule has 0 saturated heterocycles. The van der Waals surface area contributed by atoms with Gasteiger partial charge < -0.3 is 10.3 Å². The summed E-state index contributed by atoms with van der Waals surface area (Å²) in [5, 5.41) is 3.50. The number of benzene rings is 2. The molecule has 2 N–H and O–H groups in total. The summed E-state index contributed by atoms with van der Waals surface area (Å²) in [4.78, 5) is 26.9. The monoisotopic (exact) mass is 276 g/mol. The van der Waals surface area contributed by atoms with E-state index >= 15 is 0 Å². The van der Waals surface area contributed by atoms with Crippen LogP contribution in [0.5, 0.6) is 0 Å². The third-order valence-electron chi connectivity index (χ3n) is 3.78. The molecule has 0 saturated carbocycles. The summed E-state index contributed by atoms with van der Waals surface area (Å²) < 4.78 is 0. The first kappa shape index (κ1) is 11.9. The lowest BCUT2D eigenvalue weighted by atomic mass is 10.1. The first-order valence-corrected chi connectivity index (χ1v) is 6.76. The van der Waals surface area contributed by atoms with Gasteiger partial charge in [-0.25, -0.2) is 0 Å². The number of amides is 1. The minimum Gasteiger partial charge on any atom is -0.354 e. The van der Waals surface area contributed by atoms with Gasteiger partial charge in [-0.1, -0.05) is 24.3 Å². The van der Waals surface area contributed by atoms with Gasteiger partial charge in [-0.3, -0.25) is 9.59 Å². The Morgan fingerprint density at radius 3 is 2.71 bits per heavy atom. The second-order valence-corrected chi connectivity index (χ2v) is 5.19. The second-order valence-electron chi connectivity index (χ2n) is 5.19. The summed E-state index contributed by atoms with van der Waals surface area (Å²) in [7, 11) is 0. The summed E-state index contributed by atoms with van der Waals surface area (Å²) in [6.07, 6.45) is 0.420. The van der Waals surface area contributed by atoms with Gasteiger partial charge in [-0.05, 0) is 23.8 Å². The number of rotatable bonds is 1. The first-order valence-electron chi connectivity index (χ1n) is 6.76. The predicted octanol–water partition coefficient (Wildman–Crippen LogP) is 2.69. The Bertz CT molecular complexity index is 941. The maximum atomic E-state index is 12.2. The van der Waals surface area contributed by atoms with E-state index in [0.717, 1.165) is 28.0 Å². The Balaban J connectivity index is 1.89. The molecule has 4 rings (SSSR count). The number of aromatic amines is 1. The summed E-state index contributed by atoms with van der Waals surface area (Å²) in [5.41, 5.74) is 4.26. The smallest absolute Gasteiger partial charge is 0.228 e. The van der Waals surface area contributed by atoms with Crippen molar-refractivity contribution >= 4 is 22.5 Å². The number of anilines is 1. The molecular weight excluding hydrogens is 264 g/mol. The highest BCUT2D eigenvalue weighted by molar-refractivity contribution is 6.00.